The molecule has 4 nitrogen and oxygen atoms in total. The highest BCUT2D eigenvalue weighted by atomic mass is 31.2. The van der Waals surface area contributed by atoms with E-state index >= 15 is 9.13 Å². The molecule has 14 aromatic carbocycles. The number of nitrogens with zero attached hydrogens (tertiary/aromatic N) is 1. The number of hydrogen-bond donors (Lipinski definition) is 0. The second-order valence-corrected chi connectivity index (χ2v) is 27.1. The van der Waals surface area contributed by atoms with Crippen molar-refractivity contribution in [1.82, 2.24) is 4.98 Å². The first-order chi connectivity index (χ1) is 40.9. The summed E-state index contributed by atoms with van der Waals surface area (Å²) in [6.07, 6.45) is 1.88. The lowest BCUT2D eigenvalue weighted by Gasteiger charge is -2.20. The van der Waals surface area contributed by atoms with E-state index < -0.39 is 14.3 Å². The monoisotopic (exact) mass is 1100 g/mol. The molecule has 0 bridgehead atoms. The minimum Gasteiger partial charge on any atom is -0.456 e. The van der Waals surface area contributed by atoms with Crippen LogP contribution in [0.2, 0.25) is 0 Å². The van der Waals surface area contributed by atoms with Gasteiger partial charge in [0, 0.05) is 49.1 Å². The lowest BCUT2D eigenvalue weighted by molar-refractivity contribution is 0.591. The number of aromatic nitrogens is 1. The van der Waals surface area contributed by atoms with Crippen LogP contribution in [-0.2, 0) is 9.13 Å². The highest BCUT2D eigenvalue weighted by Crippen LogP contribution is 2.47. The minimum atomic E-state index is -3.40. The molecule has 0 aliphatic carbocycles. The molecule has 390 valence electrons. The fourth-order valence-corrected chi connectivity index (χ4v) is 18.1. The number of hydrogen-bond acceptors (Lipinski definition) is 4. The summed E-state index contributed by atoms with van der Waals surface area (Å²) >= 11 is 0. The number of fused-ring (bicyclic) bond motifs is 15. The van der Waals surface area contributed by atoms with Gasteiger partial charge in [-0.1, -0.05) is 237 Å². The first kappa shape index (κ1) is 48.9. The van der Waals surface area contributed by atoms with Gasteiger partial charge in [-0.3, -0.25) is 4.98 Å². The van der Waals surface area contributed by atoms with Crippen LogP contribution in [0.4, 0.5) is 0 Å². The molecule has 0 amide bonds. The van der Waals surface area contributed by atoms with Crippen molar-refractivity contribution in [2.75, 3.05) is 0 Å². The highest BCUT2D eigenvalue weighted by molar-refractivity contribution is 7.85. The number of furan rings is 1. The van der Waals surface area contributed by atoms with Gasteiger partial charge in [-0.15, -0.1) is 0 Å². The van der Waals surface area contributed by atoms with Crippen molar-refractivity contribution in [2.45, 2.75) is 0 Å². The second-order valence-electron chi connectivity index (χ2n) is 21.6. The zero-order valence-corrected chi connectivity index (χ0v) is 46.6. The molecule has 0 fully saturated rings. The molecule has 6 heteroatoms. The van der Waals surface area contributed by atoms with Gasteiger partial charge in [0.25, 0.3) is 0 Å². The zero-order valence-electron chi connectivity index (χ0n) is 44.9. The minimum absolute atomic E-state index is 0.546. The summed E-state index contributed by atoms with van der Waals surface area (Å²) in [5.41, 5.74) is 8.38. The predicted octanol–water partition coefficient (Wildman–Crippen LogP) is 18.2. The molecule has 0 spiro atoms. The summed E-state index contributed by atoms with van der Waals surface area (Å²) in [5.74, 6) is 0. The Morgan fingerprint density at radius 3 is 1.00 bits per heavy atom. The molecule has 0 aliphatic rings. The maximum atomic E-state index is 15.9. The van der Waals surface area contributed by atoms with Gasteiger partial charge in [0.1, 0.15) is 16.6 Å². The normalized spacial score (nSPS) is 12.8. The van der Waals surface area contributed by atoms with Crippen molar-refractivity contribution in [3.8, 4) is 33.4 Å². The third kappa shape index (κ3) is 7.86. The quantitative estimate of drug-likeness (QED) is 0.107. The van der Waals surface area contributed by atoms with Crippen molar-refractivity contribution in [3.63, 3.8) is 0 Å². The summed E-state index contributed by atoms with van der Waals surface area (Å²) in [7, 11) is -6.60. The van der Waals surface area contributed by atoms with Crippen LogP contribution < -0.4 is 32.0 Å². The zero-order chi connectivity index (χ0) is 55.2. The Morgan fingerprint density at radius 1 is 0.229 bits per heavy atom. The van der Waals surface area contributed by atoms with Crippen LogP contribution in [0.15, 0.2) is 302 Å². The number of rotatable bonds is 9. The van der Waals surface area contributed by atoms with E-state index in [0.717, 1.165) is 81.8 Å². The van der Waals surface area contributed by atoms with E-state index in [1.54, 1.807) is 0 Å². The Hall–Kier alpha value is -9.95. The standard InChI is InChI=1S/C77H49NO3P2/c79-82(56-16-4-1-5-17-56,57-18-6-2-7-19-57)60-37-42-76-74(48-60)73-47-53(33-41-75(73)81-76)52-31-39-69-68-38-30-51(44-70(68)65-26-14-15-27-66(65)71(69)45-52)50-28-35-59(36-29-50)83(80,58-20-8-3-9-21-58)77-43-34-55(49-78-77)54-32-40-67-63-24-11-10-22-61(63)62-23-12-13-25-64(62)72(67)46-54/h1-49H. The molecule has 16 rings (SSSR count). The lowest BCUT2D eigenvalue weighted by atomic mass is 9.90. The maximum Gasteiger partial charge on any atom is 0.188 e. The summed E-state index contributed by atoms with van der Waals surface area (Å²) in [6.45, 7) is 0. The summed E-state index contributed by atoms with van der Waals surface area (Å²) in [4.78, 5) is 5.04. The van der Waals surface area contributed by atoms with Gasteiger partial charge in [0.15, 0.2) is 14.3 Å². The molecule has 2 aromatic heterocycles. The second kappa shape index (κ2) is 19.4. The van der Waals surface area contributed by atoms with E-state index in [1.165, 1.54) is 64.6 Å². The van der Waals surface area contributed by atoms with Crippen molar-refractivity contribution >= 4 is 133 Å². The van der Waals surface area contributed by atoms with Gasteiger partial charge in [-0.2, -0.15) is 0 Å². The molecule has 2 heterocycles. The molecule has 0 saturated carbocycles. The van der Waals surface area contributed by atoms with Crippen LogP contribution in [0.5, 0.6) is 0 Å². The van der Waals surface area contributed by atoms with Crippen molar-refractivity contribution in [1.29, 1.82) is 0 Å². The largest absolute Gasteiger partial charge is 0.456 e. The van der Waals surface area contributed by atoms with Crippen molar-refractivity contribution in [3.05, 3.63) is 297 Å². The van der Waals surface area contributed by atoms with Crippen molar-refractivity contribution < 1.29 is 13.5 Å². The van der Waals surface area contributed by atoms with Gasteiger partial charge >= 0.3 is 0 Å². The molecule has 0 N–H and O–H groups in total. The van der Waals surface area contributed by atoms with Gasteiger partial charge < -0.3 is 13.5 Å². The molecular formula is C77H49NO3P2. The maximum absolute atomic E-state index is 15.9. The molecule has 83 heavy (non-hydrogen) atoms. The van der Waals surface area contributed by atoms with E-state index in [-0.39, 0.29) is 0 Å². The molecule has 1 atom stereocenters. The van der Waals surface area contributed by atoms with Gasteiger partial charge in [-0.05, 0) is 147 Å². The highest BCUT2D eigenvalue weighted by Gasteiger charge is 2.32. The molecular weight excluding hydrogens is 1050 g/mol. The third-order valence-electron chi connectivity index (χ3n) is 17.1. The third-order valence-corrected chi connectivity index (χ3v) is 23.1. The fourth-order valence-electron chi connectivity index (χ4n) is 12.9. The molecule has 0 aliphatic heterocycles. The van der Waals surface area contributed by atoms with Crippen LogP contribution in [0, 0.1) is 0 Å². The van der Waals surface area contributed by atoms with E-state index in [0.29, 0.717) is 5.44 Å². The Balaban J connectivity index is 0.738. The summed E-state index contributed by atoms with van der Waals surface area (Å²) in [6, 6.07) is 100. The van der Waals surface area contributed by atoms with Crippen molar-refractivity contribution in [2.24, 2.45) is 0 Å². The number of pyridine rings is 1. The average molecular weight is 1100 g/mol. The van der Waals surface area contributed by atoms with Crippen LogP contribution in [-0.4, -0.2) is 4.98 Å². The van der Waals surface area contributed by atoms with Crippen LogP contribution in [0.25, 0.3) is 120 Å². The Morgan fingerprint density at radius 2 is 0.542 bits per heavy atom. The SMILES string of the molecule is O=P(c1ccccc1)(c1ccccc1)c1ccc2oc3ccc(-c4ccc5c6ccc(-c7ccc(P(=O)(c8ccccc8)c8ccc(-c9ccc%10c%11ccccc%11c%11ccccc%11c%10c9)cn8)cc7)cc6c6ccccc6c5c4)cc3c2c1. The van der Waals surface area contributed by atoms with E-state index in [1.807, 2.05) is 128 Å². The first-order valence-corrected chi connectivity index (χ1v) is 31.4. The first-order valence-electron chi connectivity index (χ1n) is 28.0. The number of benzene rings is 14. The molecule has 16 aromatic rings. The lowest BCUT2D eigenvalue weighted by Crippen LogP contribution is -2.26. The Kier molecular flexibility index (Phi) is 11.4. The predicted molar refractivity (Wildman–Crippen MR) is 352 cm³/mol. The van der Waals surface area contributed by atoms with Gasteiger partial charge in [-0.25, -0.2) is 0 Å². The van der Waals surface area contributed by atoms with E-state index in [2.05, 4.69) is 170 Å². The van der Waals surface area contributed by atoms with Gasteiger partial charge in [0.05, 0.1) is 0 Å². The van der Waals surface area contributed by atoms with E-state index in [4.69, 9.17) is 9.40 Å². The van der Waals surface area contributed by atoms with Gasteiger partial charge in [0.2, 0.25) is 0 Å². The molecule has 0 saturated heterocycles. The summed E-state index contributed by atoms with van der Waals surface area (Å²) in [5, 5.41) is 20.1. The van der Waals surface area contributed by atoms with Crippen LogP contribution in [0.3, 0.4) is 0 Å². The molecule has 0 radical (unpaired) electrons. The smallest absolute Gasteiger partial charge is 0.188 e. The van der Waals surface area contributed by atoms with Crippen LogP contribution in [0.1, 0.15) is 0 Å². The topological polar surface area (TPSA) is 60.2 Å². The Labute approximate surface area is 479 Å². The average Bonchev–Trinajstić information content (AvgIpc) is 3.91. The molecule has 1 unspecified atom stereocenters. The fraction of sp³-hybridized carbons (Fsp3) is 0. The van der Waals surface area contributed by atoms with Crippen LogP contribution >= 0.6 is 14.3 Å². The Bertz CT molecular complexity index is 5270. The summed E-state index contributed by atoms with van der Waals surface area (Å²) < 4.78 is 37.7. The van der Waals surface area contributed by atoms with E-state index in [9.17, 15) is 0 Å².